The van der Waals surface area contributed by atoms with Gasteiger partial charge in [0.2, 0.25) is 0 Å². The number of carbonyl (C=O) groups is 1. The molecule has 6 heteroatoms. The zero-order valence-corrected chi connectivity index (χ0v) is 7.39. The van der Waals surface area contributed by atoms with Crippen LogP contribution in [0.15, 0.2) is 0 Å². The molecule has 0 aliphatic heterocycles. The average molecular weight is 199 g/mol. The Morgan fingerprint density at radius 3 is 2.31 bits per heavy atom. The summed E-state index contributed by atoms with van der Waals surface area (Å²) in [4.78, 5) is 10.8. The molecule has 13 heavy (non-hydrogen) atoms. The second kappa shape index (κ2) is 4.45. The summed E-state index contributed by atoms with van der Waals surface area (Å²) in [6.45, 7) is 2.66. The van der Waals surface area contributed by atoms with E-state index in [1.165, 1.54) is 6.92 Å². The smallest absolute Gasteiger partial charge is 0.404 e. The number of rotatable bonds is 3. The van der Waals surface area contributed by atoms with Gasteiger partial charge in [-0.1, -0.05) is 6.92 Å². The summed E-state index contributed by atoms with van der Waals surface area (Å²) in [5.41, 5.74) is 4.80. The molecule has 0 aromatic carbocycles. The minimum Gasteiger partial charge on any atom is -0.466 e. The molecule has 0 unspecified atom stereocenters. The van der Waals surface area contributed by atoms with Gasteiger partial charge in [0.05, 0.1) is 12.5 Å². The molecule has 0 saturated heterocycles. The van der Waals surface area contributed by atoms with E-state index in [1.807, 2.05) is 0 Å². The molecule has 78 valence electrons. The van der Waals surface area contributed by atoms with Crippen LogP contribution in [-0.4, -0.2) is 24.8 Å². The number of alkyl halides is 3. The first-order valence-electron chi connectivity index (χ1n) is 3.79. The summed E-state index contributed by atoms with van der Waals surface area (Å²) < 4.78 is 40.3. The summed E-state index contributed by atoms with van der Waals surface area (Å²) in [6, 6.07) is -2.16. The number of hydrogen-bond acceptors (Lipinski definition) is 3. The van der Waals surface area contributed by atoms with Crippen LogP contribution < -0.4 is 5.73 Å². The molecule has 0 aliphatic carbocycles. The molecule has 2 atom stereocenters. The van der Waals surface area contributed by atoms with Crippen molar-refractivity contribution in [2.75, 3.05) is 6.61 Å². The summed E-state index contributed by atoms with van der Waals surface area (Å²) in [7, 11) is 0. The lowest BCUT2D eigenvalue weighted by molar-refractivity contribution is -0.174. The van der Waals surface area contributed by atoms with Crippen LogP contribution in [0.25, 0.3) is 0 Å². The van der Waals surface area contributed by atoms with Gasteiger partial charge >= 0.3 is 12.1 Å². The molecule has 2 N–H and O–H groups in total. The topological polar surface area (TPSA) is 52.3 Å². The van der Waals surface area contributed by atoms with Crippen LogP contribution in [0.3, 0.4) is 0 Å². The molecule has 0 heterocycles. The van der Waals surface area contributed by atoms with Gasteiger partial charge in [-0.3, -0.25) is 4.79 Å². The van der Waals surface area contributed by atoms with E-state index in [4.69, 9.17) is 5.73 Å². The number of hydrogen-bond donors (Lipinski definition) is 1. The van der Waals surface area contributed by atoms with Gasteiger partial charge in [-0.15, -0.1) is 0 Å². The van der Waals surface area contributed by atoms with Gasteiger partial charge in [0, 0.05) is 0 Å². The second-order valence-electron chi connectivity index (χ2n) is 2.61. The normalized spacial score (nSPS) is 16.5. The molecule has 0 aromatic rings. The van der Waals surface area contributed by atoms with Gasteiger partial charge in [0.1, 0.15) is 6.04 Å². The lowest BCUT2D eigenvalue weighted by Gasteiger charge is -2.20. The van der Waals surface area contributed by atoms with Crippen LogP contribution in [0, 0.1) is 5.92 Å². The molecule has 0 aromatic heterocycles. The first-order chi connectivity index (χ1) is 5.80. The minimum atomic E-state index is -4.56. The van der Waals surface area contributed by atoms with Crippen molar-refractivity contribution in [2.45, 2.75) is 26.1 Å². The lowest BCUT2D eigenvalue weighted by atomic mass is 10.0. The Hall–Kier alpha value is -0.780. The fraction of sp³-hybridized carbons (Fsp3) is 0.857. The lowest BCUT2D eigenvalue weighted by Crippen LogP contribution is -2.46. The van der Waals surface area contributed by atoms with E-state index in [0.29, 0.717) is 0 Å². The standard InChI is InChI=1S/C7H12F3NO2/c1-3-13-6(12)4(2)5(11)7(8,9)10/h4-5H,3,11H2,1-2H3/t4-,5-/m1/s1. The van der Waals surface area contributed by atoms with Crippen molar-refractivity contribution in [1.29, 1.82) is 0 Å². The number of ether oxygens (including phenoxy) is 1. The first-order valence-corrected chi connectivity index (χ1v) is 3.79. The number of carbonyl (C=O) groups excluding carboxylic acids is 1. The maximum Gasteiger partial charge on any atom is 0.404 e. The highest BCUT2D eigenvalue weighted by Crippen LogP contribution is 2.24. The molecule has 0 aliphatic rings. The van der Waals surface area contributed by atoms with E-state index in [9.17, 15) is 18.0 Å². The van der Waals surface area contributed by atoms with Gasteiger partial charge in [-0.2, -0.15) is 13.2 Å². The van der Waals surface area contributed by atoms with E-state index in [2.05, 4.69) is 4.74 Å². The SMILES string of the molecule is CCOC(=O)[C@H](C)[C@@H](N)C(F)(F)F. The van der Waals surface area contributed by atoms with E-state index >= 15 is 0 Å². The molecule has 0 rings (SSSR count). The minimum absolute atomic E-state index is 0.0494. The van der Waals surface area contributed by atoms with Crippen LogP contribution in [0.4, 0.5) is 13.2 Å². The largest absolute Gasteiger partial charge is 0.466 e. The zero-order valence-electron chi connectivity index (χ0n) is 7.39. The Balaban J connectivity index is 4.25. The number of nitrogens with two attached hydrogens (primary N) is 1. The quantitative estimate of drug-likeness (QED) is 0.692. The van der Waals surface area contributed by atoms with Crippen LogP contribution in [0.2, 0.25) is 0 Å². The van der Waals surface area contributed by atoms with Gasteiger partial charge < -0.3 is 10.5 Å². The highest BCUT2D eigenvalue weighted by atomic mass is 19.4. The van der Waals surface area contributed by atoms with Gasteiger partial charge in [-0.25, -0.2) is 0 Å². The van der Waals surface area contributed by atoms with Crippen LogP contribution in [0.5, 0.6) is 0 Å². The van der Waals surface area contributed by atoms with Crippen LogP contribution in [0.1, 0.15) is 13.8 Å². The summed E-state index contributed by atoms with van der Waals surface area (Å²) in [5, 5.41) is 0. The molecule has 0 spiro atoms. The van der Waals surface area contributed by atoms with Crippen molar-refractivity contribution in [1.82, 2.24) is 0 Å². The van der Waals surface area contributed by atoms with Crippen molar-refractivity contribution in [3.05, 3.63) is 0 Å². The Bertz CT molecular complexity index is 181. The summed E-state index contributed by atoms with van der Waals surface area (Å²) in [5.74, 6) is -2.28. The van der Waals surface area contributed by atoms with Crippen molar-refractivity contribution < 1.29 is 22.7 Å². The highest BCUT2D eigenvalue weighted by Gasteiger charge is 2.43. The summed E-state index contributed by atoms with van der Waals surface area (Å²) >= 11 is 0. The monoisotopic (exact) mass is 199 g/mol. The maximum absolute atomic E-state index is 12.0. The predicted molar refractivity (Wildman–Crippen MR) is 39.8 cm³/mol. The van der Waals surface area contributed by atoms with Crippen molar-refractivity contribution >= 4 is 5.97 Å². The third kappa shape index (κ3) is 3.63. The van der Waals surface area contributed by atoms with Crippen molar-refractivity contribution in [3.63, 3.8) is 0 Å². The molecule has 0 bridgehead atoms. The molecule has 0 saturated carbocycles. The second-order valence-corrected chi connectivity index (χ2v) is 2.61. The van der Waals surface area contributed by atoms with Crippen molar-refractivity contribution in [2.24, 2.45) is 11.7 Å². The fourth-order valence-electron chi connectivity index (χ4n) is 0.704. The van der Waals surface area contributed by atoms with E-state index in [-0.39, 0.29) is 6.61 Å². The number of esters is 1. The van der Waals surface area contributed by atoms with Gasteiger partial charge in [0.25, 0.3) is 0 Å². The molecule has 0 fully saturated rings. The van der Waals surface area contributed by atoms with Gasteiger partial charge in [-0.05, 0) is 6.92 Å². The predicted octanol–water partition coefficient (Wildman–Crippen LogP) is 1.08. The molecule has 0 amide bonds. The van der Waals surface area contributed by atoms with E-state index in [1.54, 1.807) is 0 Å². The Labute approximate surface area is 74.0 Å². The third-order valence-corrected chi connectivity index (χ3v) is 1.58. The molecular weight excluding hydrogens is 187 g/mol. The third-order valence-electron chi connectivity index (χ3n) is 1.58. The zero-order chi connectivity index (χ0) is 10.6. The highest BCUT2D eigenvalue weighted by molar-refractivity contribution is 5.72. The molecule has 3 nitrogen and oxygen atoms in total. The number of halogens is 3. The average Bonchev–Trinajstić information content (AvgIpc) is 2.00. The fourth-order valence-corrected chi connectivity index (χ4v) is 0.704. The van der Waals surface area contributed by atoms with Gasteiger partial charge in [0.15, 0.2) is 0 Å². The van der Waals surface area contributed by atoms with E-state index in [0.717, 1.165) is 6.92 Å². The summed E-state index contributed by atoms with van der Waals surface area (Å²) in [6.07, 6.45) is -4.56. The maximum atomic E-state index is 12.0. The van der Waals surface area contributed by atoms with Crippen molar-refractivity contribution in [3.8, 4) is 0 Å². The van der Waals surface area contributed by atoms with E-state index < -0.39 is 24.1 Å². The first kappa shape index (κ1) is 12.2. The Morgan fingerprint density at radius 1 is 1.54 bits per heavy atom. The van der Waals surface area contributed by atoms with Crippen LogP contribution >= 0.6 is 0 Å². The Morgan fingerprint density at radius 2 is 2.00 bits per heavy atom. The Kier molecular flexibility index (Phi) is 4.19. The molecule has 0 radical (unpaired) electrons. The molecular formula is C7H12F3NO2. The van der Waals surface area contributed by atoms with Crippen LogP contribution in [-0.2, 0) is 9.53 Å².